The Morgan fingerprint density at radius 1 is 1.11 bits per heavy atom. The van der Waals surface area contributed by atoms with Crippen LogP contribution in [0.3, 0.4) is 0 Å². The normalized spacial score (nSPS) is 22.5. The van der Waals surface area contributed by atoms with Crippen LogP contribution in [-0.2, 0) is 10.0 Å². The van der Waals surface area contributed by atoms with Crippen molar-refractivity contribution >= 4 is 59.7 Å². The summed E-state index contributed by atoms with van der Waals surface area (Å²) in [5, 5.41) is 15.8. The lowest BCUT2D eigenvalue weighted by Crippen LogP contribution is -2.68. The number of carbonyl (C=O) groups excluding carboxylic acids is 1. The smallest absolute Gasteiger partial charge is 0.435 e. The highest BCUT2D eigenvalue weighted by molar-refractivity contribution is 9.11. The molecule has 3 rings (SSSR count). The Hall–Kier alpha value is -1.99. The van der Waals surface area contributed by atoms with Crippen LogP contribution in [0, 0.1) is 0 Å². The Bertz CT molecular complexity index is 1200. The van der Waals surface area contributed by atoms with Crippen molar-refractivity contribution in [1.82, 2.24) is 10.0 Å². The van der Waals surface area contributed by atoms with Gasteiger partial charge in [0.25, 0.3) is 0 Å². The molecule has 0 radical (unpaired) electrons. The Morgan fingerprint density at radius 2 is 1.77 bits per heavy atom. The first-order chi connectivity index (χ1) is 16.3. The number of nitrogens with zero attached hydrogens (tertiary/aromatic N) is 1. The summed E-state index contributed by atoms with van der Waals surface area (Å²) in [6.45, 7) is 5.51. The molecule has 9 nitrogen and oxygen atoms in total. The molecule has 0 saturated carbocycles. The summed E-state index contributed by atoms with van der Waals surface area (Å²) in [5.74, 6) is 0. The summed E-state index contributed by atoms with van der Waals surface area (Å²) < 4.78 is 29.6. The maximum atomic E-state index is 13.2. The van der Waals surface area contributed by atoms with Crippen molar-refractivity contribution in [3.05, 3.63) is 57.5 Å². The topological polar surface area (TPSA) is 125 Å². The number of para-hydroxylation sites is 1. The number of anilines is 1. The molecule has 1 fully saturated rings. The fourth-order valence-corrected chi connectivity index (χ4v) is 7.36. The predicted octanol–water partition coefficient (Wildman–Crippen LogP) is 4.75. The van der Waals surface area contributed by atoms with Crippen LogP contribution in [0.25, 0.3) is 0 Å². The lowest BCUT2D eigenvalue weighted by molar-refractivity contribution is -0.913. The number of nitrogens with one attached hydrogen (secondary N) is 3. The summed E-state index contributed by atoms with van der Waals surface area (Å²) in [5.41, 5.74) is -0.151. The van der Waals surface area contributed by atoms with E-state index in [4.69, 9.17) is 0 Å². The standard InChI is InChI=1S/C23H28Br2N4O5S/c1-23(2,3)29(22(31)32)14-17(28-35(33,34)20-11-15(24)9-10-19(20)25)12-18(29)13-26-21(30)27-16-7-5-4-6-8-16/h4-11,17-18,28H,12-14H2,1-3H3,(H2-,26,27,30,31,32)/p+1/t17-,18-,29?/m1/s1. The minimum absolute atomic E-state index is 0.0380. The molecular weight excluding hydrogens is 604 g/mol. The molecule has 0 aliphatic carbocycles. The molecular formula is C23H29Br2N4O5S+. The van der Waals surface area contributed by atoms with Crippen molar-refractivity contribution < 1.29 is 27.6 Å². The zero-order valence-electron chi connectivity index (χ0n) is 19.6. The van der Waals surface area contributed by atoms with Gasteiger partial charge in [-0.25, -0.2) is 22.4 Å². The molecule has 2 aromatic carbocycles. The second kappa shape index (κ2) is 10.6. The zero-order valence-corrected chi connectivity index (χ0v) is 23.6. The number of hydrogen-bond donors (Lipinski definition) is 4. The average Bonchev–Trinajstić information content (AvgIpc) is 3.13. The molecule has 1 heterocycles. The van der Waals surface area contributed by atoms with E-state index < -0.39 is 44.3 Å². The first kappa shape index (κ1) is 27.6. The number of carbonyl (C=O) groups is 2. The summed E-state index contributed by atoms with van der Waals surface area (Å²) >= 11 is 6.57. The van der Waals surface area contributed by atoms with E-state index in [9.17, 15) is 23.1 Å². The molecule has 1 aliphatic heterocycles. The minimum atomic E-state index is -3.94. The van der Waals surface area contributed by atoms with Crippen molar-refractivity contribution in [1.29, 1.82) is 0 Å². The van der Waals surface area contributed by atoms with Gasteiger partial charge in [0.05, 0.1) is 17.5 Å². The maximum absolute atomic E-state index is 13.2. The summed E-state index contributed by atoms with van der Waals surface area (Å²) in [4.78, 5) is 25.2. The van der Waals surface area contributed by atoms with E-state index in [0.717, 1.165) is 0 Å². The third-order valence-corrected chi connectivity index (χ3v) is 9.27. The maximum Gasteiger partial charge on any atom is 0.514 e. The Kier molecular flexibility index (Phi) is 8.32. The van der Waals surface area contributed by atoms with Gasteiger partial charge in [0.2, 0.25) is 10.0 Å². The highest BCUT2D eigenvalue weighted by atomic mass is 79.9. The first-order valence-corrected chi connectivity index (χ1v) is 14.0. The van der Waals surface area contributed by atoms with Crippen molar-refractivity contribution in [2.75, 3.05) is 18.4 Å². The van der Waals surface area contributed by atoms with Crippen molar-refractivity contribution in [3.63, 3.8) is 0 Å². The fraction of sp³-hybridized carbons (Fsp3) is 0.391. The van der Waals surface area contributed by atoms with Crippen molar-refractivity contribution in [2.45, 2.75) is 49.7 Å². The summed E-state index contributed by atoms with van der Waals surface area (Å²) in [6.07, 6.45) is -0.835. The number of urea groups is 1. The predicted molar refractivity (Wildman–Crippen MR) is 141 cm³/mol. The first-order valence-electron chi connectivity index (χ1n) is 10.9. The van der Waals surface area contributed by atoms with Crippen LogP contribution >= 0.6 is 31.9 Å². The number of sulfonamides is 1. The number of quaternary nitrogens is 1. The number of hydrogen-bond acceptors (Lipinski definition) is 4. The molecule has 3 atom stereocenters. The average molecular weight is 633 g/mol. The molecule has 12 heteroatoms. The molecule has 0 spiro atoms. The molecule has 1 saturated heterocycles. The minimum Gasteiger partial charge on any atom is -0.435 e. The summed E-state index contributed by atoms with van der Waals surface area (Å²) in [6, 6.07) is 12.0. The van der Waals surface area contributed by atoms with E-state index >= 15 is 0 Å². The van der Waals surface area contributed by atoms with Crippen molar-refractivity contribution in [3.8, 4) is 0 Å². The van der Waals surface area contributed by atoms with Crippen LogP contribution in [0.1, 0.15) is 27.2 Å². The summed E-state index contributed by atoms with van der Waals surface area (Å²) in [7, 11) is -3.94. The van der Waals surface area contributed by atoms with Crippen molar-refractivity contribution in [2.24, 2.45) is 0 Å². The highest BCUT2D eigenvalue weighted by Gasteiger charge is 2.59. The molecule has 0 aromatic heterocycles. The van der Waals surface area contributed by atoms with Gasteiger partial charge in [-0.15, -0.1) is 0 Å². The molecule has 190 valence electrons. The molecule has 35 heavy (non-hydrogen) atoms. The zero-order chi connectivity index (χ0) is 26.0. The van der Waals surface area contributed by atoms with Gasteiger partial charge >= 0.3 is 12.1 Å². The molecule has 4 N–H and O–H groups in total. The molecule has 3 amide bonds. The van der Waals surface area contributed by atoms with Crippen LogP contribution in [0.2, 0.25) is 0 Å². The SMILES string of the molecule is CC(C)(C)[N+]1(C(=O)O)C[C@H](NS(=O)(=O)c2cc(Br)ccc2Br)C[C@@H]1CNC(=O)Nc1ccccc1. The molecule has 0 bridgehead atoms. The van der Waals surface area contributed by atoms with Gasteiger partial charge in [-0.3, -0.25) is 0 Å². The van der Waals surface area contributed by atoms with Crippen LogP contribution in [0.4, 0.5) is 15.3 Å². The largest absolute Gasteiger partial charge is 0.514 e. The van der Waals surface area contributed by atoms with Crippen LogP contribution in [0.5, 0.6) is 0 Å². The highest BCUT2D eigenvalue weighted by Crippen LogP contribution is 2.38. The van der Waals surface area contributed by atoms with E-state index in [1.807, 2.05) is 6.07 Å². The van der Waals surface area contributed by atoms with E-state index in [2.05, 4.69) is 47.2 Å². The van der Waals surface area contributed by atoms with Gasteiger partial charge in [-0.1, -0.05) is 34.1 Å². The second-order valence-electron chi connectivity index (χ2n) is 9.49. The quantitative estimate of drug-likeness (QED) is 0.342. The Morgan fingerprint density at radius 3 is 2.37 bits per heavy atom. The van der Waals surface area contributed by atoms with Gasteiger partial charge < -0.3 is 15.7 Å². The van der Waals surface area contributed by atoms with Gasteiger partial charge in [-0.05, 0) is 67.0 Å². The van der Waals surface area contributed by atoms with E-state index in [1.54, 1.807) is 57.2 Å². The lowest BCUT2D eigenvalue weighted by Gasteiger charge is -2.44. The van der Waals surface area contributed by atoms with Crippen LogP contribution < -0.4 is 15.4 Å². The van der Waals surface area contributed by atoms with E-state index in [-0.39, 0.29) is 24.4 Å². The molecule has 1 aliphatic rings. The molecule has 2 aromatic rings. The lowest BCUT2D eigenvalue weighted by atomic mass is 10.00. The number of rotatable bonds is 6. The van der Waals surface area contributed by atoms with E-state index in [0.29, 0.717) is 14.6 Å². The number of benzene rings is 2. The number of carboxylic acid groups (broad SMARTS) is 1. The number of amides is 3. The third kappa shape index (κ3) is 6.05. The van der Waals surface area contributed by atoms with Gasteiger partial charge in [-0.2, -0.15) is 4.79 Å². The molecule has 1 unspecified atom stereocenters. The van der Waals surface area contributed by atoms with E-state index in [1.165, 1.54) is 6.07 Å². The fourth-order valence-electron chi connectivity index (χ4n) is 4.62. The van der Waals surface area contributed by atoms with Crippen LogP contribution in [0.15, 0.2) is 62.4 Å². The Labute approximate surface area is 222 Å². The van der Waals surface area contributed by atoms with Gasteiger partial charge in [0.1, 0.15) is 18.1 Å². The van der Waals surface area contributed by atoms with Gasteiger partial charge in [0.15, 0.2) is 0 Å². The van der Waals surface area contributed by atoms with Gasteiger partial charge in [0, 0.05) is 21.1 Å². The third-order valence-electron chi connectivity index (χ3n) is 6.26. The second-order valence-corrected chi connectivity index (χ2v) is 12.9. The van der Waals surface area contributed by atoms with Crippen LogP contribution in [-0.4, -0.2) is 60.8 Å². The number of halogens is 2. The number of likely N-dealkylation sites (tertiary alicyclic amines) is 1. The monoisotopic (exact) mass is 631 g/mol. The Balaban J connectivity index is 1.83.